The van der Waals surface area contributed by atoms with Crippen LogP contribution in [0.1, 0.15) is 30.9 Å². The van der Waals surface area contributed by atoms with Crippen molar-refractivity contribution in [2.45, 2.75) is 33.3 Å². The summed E-state index contributed by atoms with van der Waals surface area (Å²) >= 11 is 0. The Morgan fingerprint density at radius 3 is 2.64 bits per heavy atom. The van der Waals surface area contributed by atoms with Crippen molar-refractivity contribution in [1.29, 1.82) is 0 Å². The molecule has 116 valence electrons. The molecule has 0 spiro atoms. The Morgan fingerprint density at radius 2 is 1.86 bits per heavy atom. The second-order valence-electron chi connectivity index (χ2n) is 5.47. The van der Waals surface area contributed by atoms with Crippen LogP contribution in [0.4, 0.5) is 8.78 Å². The number of aryl methyl sites for hydroxylation is 1. The summed E-state index contributed by atoms with van der Waals surface area (Å²) in [7, 11) is 0. The largest absolute Gasteiger partial charge is 0.490 e. The Morgan fingerprint density at radius 1 is 1.09 bits per heavy atom. The zero-order valence-corrected chi connectivity index (χ0v) is 12.7. The summed E-state index contributed by atoms with van der Waals surface area (Å²) in [6, 6.07) is 6.82. The predicted octanol–water partition coefficient (Wildman–Crippen LogP) is 5.01. The molecular formula is C18H18F2O2. The lowest BCUT2D eigenvalue weighted by molar-refractivity contribution is 0.260. The second kappa shape index (κ2) is 5.95. The summed E-state index contributed by atoms with van der Waals surface area (Å²) in [5, 5.41) is 0. The average molecular weight is 304 g/mol. The molecule has 3 rings (SSSR count). The fourth-order valence-corrected chi connectivity index (χ4v) is 2.61. The molecule has 2 aromatic rings. The zero-order valence-electron chi connectivity index (χ0n) is 12.7. The van der Waals surface area contributed by atoms with Gasteiger partial charge in [-0.2, -0.15) is 4.39 Å². The van der Waals surface area contributed by atoms with Crippen molar-refractivity contribution in [3.05, 3.63) is 47.0 Å². The third-order valence-corrected chi connectivity index (χ3v) is 3.90. The Labute approximate surface area is 128 Å². The second-order valence-corrected chi connectivity index (χ2v) is 5.47. The van der Waals surface area contributed by atoms with Crippen molar-refractivity contribution in [2.75, 3.05) is 6.61 Å². The van der Waals surface area contributed by atoms with E-state index in [9.17, 15) is 8.78 Å². The van der Waals surface area contributed by atoms with Crippen LogP contribution in [0.25, 0.3) is 11.1 Å². The maximum atomic E-state index is 14.5. The van der Waals surface area contributed by atoms with Gasteiger partial charge in [-0.25, -0.2) is 4.39 Å². The van der Waals surface area contributed by atoms with Gasteiger partial charge < -0.3 is 9.47 Å². The van der Waals surface area contributed by atoms with Crippen LogP contribution in [0.3, 0.4) is 0 Å². The Kier molecular flexibility index (Phi) is 4.01. The molecule has 22 heavy (non-hydrogen) atoms. The van der Waals surface area contributed by atoms with E-state index in [0.717, 1.165) is 12.8 Å². The molecule has 0 saturated carbocycles. The summed E-state index contributed by atoms with van der Waals surface area (Å²) in [4.78, 5) is 0. The van der Waals surface area contributed by atoms with Crippen LogP contribution in [0.5, 0.6) is 11.5 Å². The molecule has 2 nitrogen and oxygen atoms in total. The van der Waals surface area contributed by atoms with E-state index < -0.39 is 5.82 Å². The smallest absolute Gasteiger partial charge is 0.207 e. The molecule has 4 heteroatoms. The molecule has 2 aromatic carbocycles. The van der Waals surface area contributed by atoms with E-state index in [1.54, 1.807) is 25.1 Å². The van der Waals surface area contributed by atoms with Crippen molar-refractivity contribution >= 4 is 0 Å². The fourth-order valence-electron chi connectivity index (χ4n) is 2.61. The van der Waals surface area contributed by atoms with E-state index in [2.05, 4.69) is 0 Å². The Balaban J connectivity index is 2.01. The molecule has 1 aliphatic rings. The number of hydrogen-bond acceptors (Lipinski definition) is 2. The first-order valence-corrected chi connectivity index (χ1v) is 7.50. The molecule has 0 unspecified atom stereocenters. The summed E-state index contributed by atoms with van der Waals surface area (Å²) in [6.07, 6.45) is 1.85. The molecule has 0 aromatic heterocycles. The van der Waals surface area contributed by atoms with Gasteiger partial charge in [0.1, 0.15) is 12.4 Å². The number of halogens is 2. The van der Waals surface area contributed by atoms with Crippen molar-refractivity contribution < 1.29 is 18.3 Å². The minimum Gasteiger partial charge on any atom is -0.490 e. The van der Waals surface area contributed by atoms with Gasteiger partial charge in [0.15, 0.2) is 11.5 Å². The lowest BCUT2D eigenvalue weighted by Gasteiger charge is -2.23. The van der Waals surface area contributed by atoms with E-state index in [0.29, 0.717) is 28.9 Å². The highest BCUT2D eigenvalue weighted by molar-refractivity contribution is 5.76. The van der Waals surface area contributed by atoms with Crippen LogP contribution < -0.4 is 9.47 Å². The highest BCUT2D eigenvalue weighted by Gasteiger charge is 2.25. The van der Waals surface area contributed by atoms with E-state index in [1.165, 1.54) is 0 Å². The third kappa shape index (κ3) is 2.43. The minimum absolute atomic E-state index is 0.0329. The fraction of sp³-hybridized carbons (Fsp3) is 0.333. The normalized spacial score (nSPS) is 12.4. The number of benzene rings is 2. The average Bonchev–Trinajstić information content (AvgIpc) is 2.53. The summed E-state index contributed by atoms with van der Waals surface area (Å²) in [5.41, 5.74) is 2.29. The molecule has 1 aliphatic heterocycles. The molecule has 0 bridgehead atoms. The minimum atomic E-state index is -0.514. The van der Waals surface area contributed by atoms with Crippen LogP contribution in [-0.2, 0) is 6.61 Å². The van der Waals surface area contributed by atoms with Gasteiger partial charge in [0.2, 0.25) is 5.82 Å². The number of unbranched alkanes of at least 4 members (excludes halogenated alkanes) is 1. The zero-order chi connectivity index (χ0) is 15.7. The number of rotatable bonds is 4. The van der Waals surface area contributed by atoms with E-state index in [-0.39, 0.29) is 23.9 Å². The Bertz CT molecular complexity index is 711. The van der Waals surface area contributed by atoms with Gasteiger partial charge in [0.25, 0.3) is 0 Å². The molecule has 0 N–H and O–H groups in total. The molecule has 0 saturated heterocycles. The highest BCUT2D eigenvalue weighted by atomic mass is 19.1. The summed E-state index contributed by atoms with van der Waals surface area (Å²) in [6.45, 7) is 4.25. The third-order valence-electron chi connectivity index (χ3n) is 3.90. The van der Waals surface area contributed by atoms with E-state index in [4.69, 9.17) is 9.47 Å². The van der Waals surface area contributed by atoms with Crippen LogP contribution in [-0.4, -0.2) is 6.61 Å². The molecule has 0 aliphatic carbocycles. The number of hydrogen-bond donors (Lipinski definition) is 0. The lowest BCUT2D eigenvalue weighted by Crippen LogP contribution is -2.11. The van der Waals surface area contributed by atoms with Crippen molar-refractivity contribution in [3.8, 4) is 22.6 Å². The van der Waals surface area contributed by atoms with Crippen molar-refractivity contribution in [1.82, 2.24) is 0 Å². The van der Waals surface area contributed by atoms with Gasteiger partial charge in [-0.15, -0.1) is 0 Å². The van der Waals surface area contributed by atoms with Crippen LogP contribution in [0.2, 0.25) is 0 Å². The van der Waals surface area contributed by atoms with Gasteiger partial charge in [0, 0.05) is 11.1 Å². The van der Waals surface area contributed by atoms with Crippen molar-refractivity contribution in [2.24, 2.45) is 0 Å². The van der Waals surface area contributed by atoms with Gasteiger partial charge >= 0.3 is 0 Å². The lowest BCUT2D eigenvalue weighted by atomic mass is 9.94. The van der Waals surface area contributed by atoms with Crippen LogP contribution in [0, 0.1) is 18.6 Å². The number of fused-ring (bicyclic) bond motifs is 3. The summed E-state index contributed by atoms with van der Waals surface area (Å²) < 4.78 is 39.6. The van der Waals surface area contributed by atoms with E-state index in [1.807, 2.05) is 13.0 Å². The topological polar surface area (TPSA) is 18.5 Å². The first-order chi connectivity index (χ1) is 10.6. The van der Waals surface area contributed by atoms with Gasteiger partial charge in [-0.3, -0.25) is 0 Å². The molecule has 0 radical (unpaired) electrons. The van der Waals surface area contributed by atoms with E-state index >= 15 is 0 Å². The molecule has 0 atom stereocenters. The SMILES string of the molecule is CCCCOc1ccc2c(c1F)OCc1c-2ccc(C)c1F. The summed E-state index contributed by atoms with van der Waals surface area (Å²) in [5.74, 6) is -0.472. The molecule has 1 heterocycles. The maximum absolute atomic E-state index is 14.5. The van der Waals surface area contributed by atoms with Crippen LogP contribution >= 0.6 is 0 Å². The van der Waals surface area contributed by atoms with Gasteiger partial charge in [0.05, 0.1) is 6.61 Å². The standard InChI is InChI=1S/C18H18F2O2/c1-3-4-9-21-15-8-7-13-12-6-5-11(2)16(19)14(12)10-22-18(13)17(15)20/h5-8H,3-4,9-10H2,1-2H3. The highest BCUT2D eigenvalue weighted by Crippen LogP contribution is 2.43. The number of ether oxygens (including phenoxy) is 2. The van der Waals surface area contributed by atoms with Gasteiger partial charge in [-0.1, -0.05) is 25.5 Å². The van der Waals surface area contributed by atoms with Gasteiger partial charge in [-0.05, 0) is 36.6 Å². The predicted molar refractivity (Wildman–Crippen MR) is 81.3 cm³/mol. The quantitative estimate of drug-likeness (QED) is 0.739. The monoisotopic (exact) mass is 304 g/mol. The molecule has 0 amide bonds. The first-order valence-electron chi connectivity index (χ1n) is 7.50. The molecular weight excluding hydrogens is 286 g/mol. The first kappa shape index (κ1) is 14.8. The van der Waals surface area contributed by atoms with Crippen LogP contribution in [0.15, 0.2) is 24.3 Å². The van der Waals surface area contributed by atoms with Crippen molar-refractivity contribution in [3.63, 3.8) is 0 Å². The Hall–Kier alpha value is -2.10. The maximum Gasteiger partial charge on any atom is 0.207 e. The molecule has 0 fully saturated rings.